The van der Waals surface area contributed by atoms with Gasteiger partial charge in [-0.2, -0.15) is 0 Å². The number of hydrogen-bond donors (Lipinski definition) is 4. The number of rotatable bonds is 4. The molecule has 0 fully saturated rings. The molecule has 0 unspecified atom stereocenters. The Labute approximate surface area is 126 Å². The summed E-state index contributed by atoms with van der Waals surface area (Å²) in [5, 5.41) is 17.1. The lowest BCUT2D eigenvalue weighted by Gasteiger charge is -2.00. The van der Waals surface area contributed by atoms with Gasteiger partial charge >= 0.3 is 0 Å². The molecule has 0 saturated carbocycles. The molecule has 0 atom stereocenters. The second-order valence-corrected chi connectivity index (χ2v) is 4.46. The summed E-state index contributed by atoms with van der Waals surface area (Å²) in [7, 11) is 0. The highest BCUT2D eigenvalue weighted by atomic mass is 16.5. The zero-order valence-electron chi connectivity index (χ0n) is 11.5. The normalized spacial score (nSPS) is 10.5. The van der Waals surface area contributed by atoms with Gasteiger partial charge in [0.2, 0.25) is 0 Å². The molecule has 0 aliphatic heterocycles. The molecule has 0 heterocycles. The molecule has 22 heavy (non-hydrogen) atoms. The van der Waals surface area contributed by atoms with E-state index in [4.69, 9.17) is 10.4 Å². The van der Waals surface area contributed by atoms with E-state index in [2.05, 4.69) is 0 Å². The van der Waals surface area contributed by atoms with Crippen LogP contribution >= 0.6 is 0 Å². The number of carbonyl (C=O) groups is 2. The minimum absolute atomic E-state index is 0.360. The van der Waals surface area contributed by atoms with Crippen LogP contribution in [0.1, 0.15) is 31.8 Å². The molecule has 2 aromatic rings. The van der Waals surface area contributed by atoms with E-state index in [-0.39, 0.29) is 0 Å². The van der Waals surface area contributed by atoms with E-state index in [0.29, 0.717) is 11.1 Å². The number of amides is 2. The third kappa shape index (κ3) is 3.78. The van der Waals surface area contributed by atoms with Crippen molar-refractivity contribution in [3.05, 3.63) is 70.8 Å². The topological polar surface area (TPSA) is 98.7 Å². The lowest BCUT2D eigenvalue weighted by molar-refractivity contribution is 0.0702. The van der Waals surface area contributed by atoms with Gasteiger partial charge in [0.15, 0.2) is 0 Å². The Hall–Kier alpha value is -2.96. The number of hydroxylamine groups is 2. The van der Waals surface area contributed by atoms with E-state index < -0.39 is 11.8 Å². The molecule has 0 radical (unpaired) electrons. The molecule has 6 nitrogen and oxygen atoms in total. The Morgan fingerprint density at radius 1 is 0.682 bits per heavy atom. The molecule has 112 valence electrons. The molecule has 0 spiro atoms. The van der Waals surface area contributed by atoms with Gasteiger partial charge in [0.1, 0.15) is 0 Å². The van der Waals surface area contributed by atoms with Crippen LogP contribution in [0, 0.1) is 0 Å². The first kappa shape index (κ1) is 15.4. The van der Waals surface area contributed by atoms with Crippen molar-refractivity contribution in [2.24, 2.45) is 0 Å². The van der Waals surface area contributed by atoms with E-state index in [0.717, 1.165) is 11.1 Å². The van der Waals surface area contributed by atoms with Crippen LogP contribution < -0.4 is 11.0 Å². The van der Waals surface area contributed by atoms with Crippen LogP contribution in [-0.4, -0.2) is 22.2 Å². The number of hydrogen-bond acceptors (Lipinski definition) is 4. The van der Waals surface area contributed by atoms with Gasteiger partial charge in [-0.05, 0) is 35.4 Å². The first-order valence-electron chi connectivity index (χ1n) is 6.41. The first-order valence-corrected chi connectivity index (χ1v) is 6.41. The van der Waals surface area contributed by atoms with Crippen molar-refractivity contribution in [1.82, 2.24) is 11.0 Å². The summed E-state index contributed by atoms with van der Waals surface area (Å²) < 4.78 is 0. The van der Waals surface area contributed by atoms with Crippen molar-refractivity contribution in [3.8, 4) is 0 Å². The van der Waals surface area contributed by atoms with E-state index in [1.807, 2.05) is 12.2 Å². The lowest BCUT2D eigenvalue weighted by atomic mass is 10.1. The molecule has 0 aliphatic carbocycles. The average Bonchev–Trinajstić information content (AvgIpc) is 2.59. The molecule has 2 rings (SSSR count). The predicted molar refractivity (Wildman–Crippen MR) is 80.3 cm³/mol. The van der Waals surface area contributed by atoms with E-state index in [1.165, 1.54) is 0 Å². The quantitative estimate of drug-likeness (QED) is 0.394. The van der Waals surface area contributed by atoms with Gasteiger partial charge in [-0.15, -0.1) is 0 Å². The van der Waals surface area contributed by atoms with E-state index in [1.54, 1.807) is 59.5 Å². The molecule has 0 aliphatic rings. The summed E-state index contributed by atoms with van der Waals surface area (Å²) in [6.45, 7) is 0. The van der Waals surface area contributed by atoms with Crippen molar-refractivity contribution in [2.75, 3.05) is 0 Å². The van der Waals surface area contributed by atoms with Gasteiger partial charge < -0.3 is 0 Å². The van der Waals surface area contributed by atoms with Crippen molar-refractivity contribution in [1.29, 1.82) is 0 Å². The fourth-order valence-electron chi connectivity index (χ4n) is 1.81. The van der Waals surface area contributed by atoms with Crippen molar-refractivity contribution >= 4 is 24.0 Å². The van der Waals surface area contributed by atoms with Crippen molar-refractivity contribution in [3.63, 3.8) is 0 Å². The largest absolute Gasteiger partial charge is 0.288 e. The van der Waals surface area contributed by atoms with Gasteiger partial charge in [0.05, 0.1) is 0 Å². The minimum Gasteiger partial charge on any atom is -0.288 e. The van der Waals surface area contributed by atoms with Gasteiger partial charge in [0, 0.05) is 11.1 Å². The smallest absolute Gasteiger partial charge is 0.274 e. The van der Waals surface area contributed by atoms with E-state index in [9.17, 15) is 9.59 Å². The molecule has 4 N–H and O–H groups in total. The Morgan fingerprint density at radius 2 is 1.00 bits per heavy atom. The Bertz CT molecular complexity index is 630. The summed E-state index contributed by atoms with van der Waals surface area (Å²) in [6.07, 6.45) is 3.70. The lowest BCUT2D eigenvalue weighted by Crippen LogP contribution is -2.18. The van der Waals surface area contributed by atoms with Crippen LogP contribution in [0.25, 0.3) is 12.2 Å². The number of carbonyl (C=O) groups excluding carboxylic acids is 2. The van der Waals surface area contributed by atoms with Crippen LogP contribution in [0.3, 0.4) is 0 Å². The standard InChI is InChI=1S/C16H14N2O4/c19-15(17-21)13-7-3-11(4-8-13)1-2-12-5-9-14(10-6-12)16(20)18-22/h1-10,21-22H,(H,17,19)(H,18,20). The van der Waals surface area contributed by atoms with Gasteiger partial charge in [0.25, 0.3) is 11.8 Å². The maximum absolute atomic E-state index is 11.2. The summed E-state index contributed by atoms with van der Waals surface area (Å²) in [4.78, 5) is 22.4. The van der Waals surface area contributed by atoms with Crippen LogP contribution in [0.5, 0.6) is 0 Å². The van der Waals surface area contributed by atoms with Crippen LogP contribution in [0.2, 0.25) is 0 Å². The molecular weight excluding hydrogens is 284 g/mol. The second-order valence-electron chi connectivity index (χ2n) is 4.46. The third-order valence-corrected chi connectivity index (χ3v) is 3.02. The highest BCUT2D eigenvalue weighted by molar-refractivity contribution is 5.94. The molecule has 2 aromatic carbocycles. The fourth-order valence-corrected chi connectivity index (χ4v) is 1.81. The maximum Gasteiger partial charge on any atom is 0.274 e. The zero-order chi connectivity index (χ0) is 15.9. The Morgan fingerprint density at radius 3 is 1.27 bits per heavy atom. The van der Waals surface area contributed by atoms with Gasteiger partial charge in [-0.1, -0.05) is 36.4 Å². The average molecular weight is 298 g/mol. The molecule has 0 aromatic heterocycles. The minimum atomic E-state index is -0.562. The fraction of sp³-hybridized carbons (Fsp3) is 0. The van der Waals surface area contributed by atoms with Crippen molar-refractivity contribution < 1.29 is 20.0 Å². The zero-order valence-corrected chi connectivity index (χ0v) is 11.5. The summed E-state index contributed by atoms with van der Waals surface area (Å²) in [5.74, 6) is -1.12. The summed E-state index contributed by atoms with van der Waals surface area (Å²) in [5.41, 5.74) is 5.62. The highest BCUT2D eigenvalue weighted by Crippen LogP contribution is 2.11. The highest BCUT2D eigenvalue weighted by Gasteiger charge is 2.03. The van der Waals surface area contributed by atoms with Crippen LogP contribution in [0.4, 0.5) is 0 Å². The summed E-state index contributed by atoms with van der Waals surface area (Å²) in [6, 6.07) is 13.4. The monoisotopic (exact) mass is 298 g/mol. The van der Waals surface area contributed by atoms with Crippen LogP contribution in [0.15, 0.2) is 48.5 Å². The number of nitrogens with one attached hydrogen (secondary N) is 2. The molecule has 0 bridgehead atoms. The summed E-state index contributed by atoms with van der Waals surface area (Å²) >= 11 is 0. The van der Waals surface area contributed by atoms with Crippen LogP contribution in [-0.2, 0) is 0 Å². The maximum atomic E-state index is 11.2. The van der Waals surface area contributed by atoms with Crippen molar-refractivity contribution in [2.45, 2.75) is 0 Å². The Balaban J connectivity index is 2.08. The Kier molecular flexibility index (Phi) is 5.02. The number of benzene rings is 2. The van der Waals surface area contributed by atoms with Gasteiger partial charge in [-0.3, -0.25) is 20.0 Å². The van der Waals surface area contributed by atoms with E-state index >= 15 is 0 Å². The molecule has 6 heteroatoms. The third-order valence-electron chi connectivity index (χ3n) is 3.02. The predicted octanol–water partition coefficient (Wildman–Crippen LogP) is 2.10. The molecule has 0 saturated heterocycles. The first-order chi connectivity index (χ1) is 10.6. The SMILES string of the molecule is O=C(NO)c1ccc(C=Cc2ccc(C(=O)NO)cc2)cc1. The molecular formula is C16H14N2O4. The molecule has 2 amide bonds. The van der Waals surface area contributed by atoms with Gasteiger partial charge in [-0.25, -0.2) is 11.0 Å². The second kappa shape index (κ2) is 7.16.